The highest BCUT2D eigenvalue weighted by atomic mass is 19.4. The molecule has 1 saturated heterocycles. The Balaban J connectivity index is 1.48. The van der Waals surface area contributed by atoms with Gasteiger partial charge in [0.05, 0.1) is 43.3 Å². The van der Waals surface area contributed by atoms with Crippen LogP contribution in [0.25, 0.3) is 11.1 Å². The number of carbonyl (C=O) groups excluding carboxylic acids is 1. The van der Waals surface area contributed by atoms with Crippen molar-refractivity contribution in [2.24, 2.45) is 0 Å². The minimum Gasteiger partial charge on any atom is -0.393 e. The zero-order valence-corrected chi connectivity index (χ0v) is 20.3. The van der Waals surface area contributed by atoms with Crippen LogP contribution in [0.5, 0.6) is 0 Å². The van der Waals surface area contributed by atoms with Crippen LogP contribution in [0.4, 0.5) is 33.3 Å². The summed E-state index contributed by atoms with van der Waals surface area (Å²) in [6.45, 7) is 1.62. The highest BCUT2D eigenvalue weighted by Gasteiger charge is 2.49. The Kier molecular flexibility index (Phi) is 6.60. The minimum atomic E-state index is -4.59. The van der Waals surface area contributed by atoms with Crippen molar-refractivity contribution in [1.29, 1.82) is 0 Å². The second-order valence-corrected chi connectivity index (χ2v) is 9.50. The van der Waals surface area contributed by atoms with E-state index in [1.165, 1.54) is 18.3 Å². The number of aliphatic hydroxyl groups is 1. The van der Waals surface area contributed by atoms with Crippen LogP contribution < -0.4 is 10.2 Å². The van der Waals surface area contributed by atoms with Crippen LogP contribution in [-0.2, 0) is 17.3 Å². The molecule has 2 N–H and O–H groups in total. The van der Waals surface area contributed by atoms with Crippen LogP contribution in [0.1, 0.15) is 27.2 Å². The number of aromatic nitrogens is 1. The van der Waals surface area contributed by atoms with Crippen LogP contribution in [-0.4, -0.2) is 54.1 Å². The number of benzene rings is 2. The van der Waals surface area contributed by atoms with Gasteiger partial charge in [-0.3, -0.25) is 9.78 Å². The molecular weight excluding hydrogens is 509 g/mol. The lowest BCUT2D eigenvalue weighted by molar-refractivity contribution is -0.137. The first kappa shape index (κ1) is 26.1. The van der Waals surface area contributed by atoms with E-state index < -0.39 is 41.8 Å². The van der Waals surface area contributed by atoms with E-state index >= 15 is 8.78 Å². The summed E-state index contributed by atoms with van der Waals surface area (Å²) in [6.07, 6.45) is -3.54. The number of carbonyl (C=O) groups is 1. The maximum Gasteiger partial charge on any atom is 0.416 e. The molecule has 2 aliphatic rings. The molecule has 38 heavy (non-hydrogen) atoms. The van der Waals surface area contributed by atoms with Gasteiger partial charge in [-0.05, 0) is 48.9 Å². The fourth-order valence-corrected chi connectivity index (χ4v) is 5.04. The van der Waals surface area contributed by atoms with Crippen molar-refractivity contribution < 1.29 is 36.6 Å². The van der Waals surface area contributed by atoms with Crippen molar-refractivity contribution in [3.63, 3.8) is 0 Å². The number of aliphatic hydroxyl groups excluding tert-OH is 1. The summed E-state index contributed by atoms with van der Waals surface area (Å²) in [5.41, 5.74) is -0.892. The number of nitrogens with zero attached hydrogens (tertiary/aromatic N) is 2. The third-order valence-electron chi connectivity index (χ3n) is 7.05. The van der Waals surface area contributed by atoms with Gasteiger partial charge in [0, 0.05) is 41.0 Å². The molecule has 0 unspecified atom stereocenters. The molecule has 3 aromatic rings. The number of hydrogen-bond acceptors (Lipinski definition) is 5. The summed E-state index contributed by atoms with van der Waals surface area (Å²) in [6, 6.07) is 7.79. The number of hydrogen-bond donors (Lipinski definition) is 2. The van der Waals surface area contributed by atoms with Crippen molar-refractivity contribution in [1.82, 2.24) is 4.98 Å². The number of fused-ring (bicyclic) bond motifs is 3. The van der Waals surface area contributed by atoms with Gasteiger partial charge in [0.1, 0.15) is 5.82 Å². The smallest absolute Gasteiger partial charge is 0.393 e. The first-order valence-corrected chi connectivity index (χ1v) is 11.9. The van der Waals surface area contributed by atoms with Crippen molar-refractivity contribution >= 4 is 17.3 Å². The lowest BCUT2D eigenvalue weighted by atomic mass is 9.82. The van der Waals surface area contributed by atoms with Gasteiger partial charge in [-0.15, -0.1) is 0 Å². The average Bonchev–Trinajstić information content (AvgIpc) is 2.90. The van der Waals surface area contributed by atoms with E-state index in [4.69, 9.17) is 4.74 Å². The van der Waals surface area contributed by atoms with Crippen LogP contribution >= 0.6 is 0 Å². The molecule has 0 bridgehead atoms. The number of morpholine rings is 1. The molecule has 3 heterocycles. The van der Waals surface area contributed by atoms with E-state index in [2.05, 4.69) is 10.3 Å². The summed E-state index contributed by atoms with van der Waals surface area (Å²) in [5.74, 6) is -1.40. The van der Waals surface area contributed by atoms with Gasteiger partial charge in [-0.2, -0.15) is 13.2 Å². The lowest BCUT2D eigenvalue weighted by Gasteiger charge is -2.48. The standard InChI is InChI=1S/C27H24F5N3O3/c1-15-20(10-19(12-33-15)34-25(37)16-3-2-4-18(7-16)27(30,31)32)17-8-22(28)21-11-26(29,14-36)24-13-38-6-5-35(24)23(21)9-17/h2-4,7-10,12,24,36H,5-6,11,13-14H2,1H3,(H,34,37)/t24-,26+/m1/s1. The lowest BCUT2D eigenvalue weighted by Crippen LogP contribution is -2.62. The minimum absolute atomic E-state index is 0.0555. The second kappa shape index (κ2) is 9.63. The van der Waals surface area contributed by atoms with E-state index in [0.29, 0.717) is 35.7 Å². The SMILES string of the molecule is Cc1ncc(NC(=O)c2cccc(C(F)(F)F)c2)cc1-c1cc(F)c2c(c1)N1CCOC[C@@H]1[C@@](F)(CO)C2. The number of alkyl halides is 4. The quantitative estimate of drug-likeness (QED) is 0.466. The van der Waals surface area contributed by atoms with Gasteiger partial charge >= 0.3 is 6.18 Å². The molecule has 1 aromatic heterocycles. The van der Waals surface area contributed by atoms with Crippen molar-refractivity contribution in [2.75, 3.05) is 36.6 Å². The molecule has 200 valence electrons. The molecule has 6 nitrogen and oxygen atoms in total. The predicted octanol–water partition coefficient (Wildman–Crippen LogP) is 4.93. The number of nitrogens with one attached hydrogen (secondary N) is 1. The van der Waals surface area contributed by atoms with Crippen molar-refractivity contribution in [3.8, 4) is 11.1 Å². The number of aryl methyl sites for hydroxylation is 1. The number of amides is 1. The van der Waals surface area contributed by atoms with Crippen LogP contribution in [0, 0.1) is 12.7 Å². The molecule has 0 saturated carbocycles. The molecule has 1 amide bonds. The Morgan fingerprint density at radius 1 is 1.26 bits per heavy atom. The Bertz CT molecular complexity index is 1400. The Morgan fingerprint density at radius 3 is 2.79 bits per heavy atom. The number of ether oxygens (including phenoxy) is 1. The first-order valence-electron chi connectivity index (χ1n) is 11.9. The fraction of sp³-hybridized carbons (Fsp3) is 0.333. The second-order valence-electron chi connectivity index (χ2n) is 9.50. The topological polar surface area (TPSA) is 74.7 Å². The van der Waals surface area contributed by atoms with Crippen LogP contribution in [0.3, 0.4) is 0 Å². The normalized spacial score (nSPS) is 21.0. The van der Waals surface area contributed by atoms with E-state index in [9.17, 15) is 23.1 Å². The average molecular weight is 533 g/mol. The highest BCUT2D eigenvalue weighted by molar-refractivity contribution is 6.04. The molecule has 0 aliphatic carbocycles. The highest BCUT2D eigenvalue weighted by Crippen LogP contribution is 2.43. The zero-order valence-electron chi connectivity index (χ0n) is 20.3. The summed E-state index contributed by atoms with van der Waals surface area (Å²) >= 11 is 0. The molecule has 11 heteroatoms. The molecule has 1 fully saturated rings. The number of pyridine rings is 1. The maximum atomic E-state index is 15.5. The third-order valence-corrected chi connectivity index (χ3v) is 7.05. The maximum absolute atomic E-state index is 15.5. The monoisotopic (exact) mass is 533 g/mol. The number of anilines is 2. The molecular formula is C27H24F5N3O3. The molecule has 2 aromatic carbocycles. The zero-order chi connectivity index (χ0) is 27.2. The Hall–Kier alpha value is -3.57. The number of rotatable bonds is 4. The first-order chi connectivity index (χ1) is 18.0. The van der Waals surface area contributed by atoms with Crippen LogP contribution in [0.15, 0.2) is 48.7 Å². The molecule has 0 spiro atoms. The van der Waals surface area contributed by atoms with Gasteiger partial charge < -0.3 is 20.1 Å². The summed E-state index contributed by atoms with van der Waals surface area (Å²) in [5, 5.41) is 12.3. The van der Waals surface area contributed by atoms with Crippen molar-refractivity contribution in [3.05, 3.63) is 76.9 Å². The van der Waals surface area contributed by atoms with E-state index in [0.717, 1.165) is 18.2 Å². The Morgan fingerprint density at radius 2 is 2.05 bits per heavy atom. The summed E-state index contributed by atoms with van der Waals surface area (Å²) in [4.78, 5) is 18.7. The fourth-order valence-electron chi connectivity index (χ4n) is 5.04. The van der Waals surface area contributed by atoms with Gasteiger partial charge in [0.25, 0.3) is 5.91 Å². The largest absolute Gasteiger partial charge is 0.416 e. The molecule has 5 rings (SSSR count). The van der Waals surface area contributed by atoms with Crippen molar-refractivity contribution in [2.45, 2.75) is 31.2 Å². The molecule has 2 atom stereocenters. The Labute approximate surface area is 215 Å². The van der Waals surface area contributed by atoms with Crippen LogP contribution in [0.2, 0.25) is 0 Å². The third kappa shape index (κ3) is 4.71. The van der Waals surface area contributed by atoms with E-state index in [1.54, 1.807) is 24.0 Å². The molecule has 0 radical (unpaired) electrons. The number of halogens is 5. The van der Waals surface area contributed by atoms with Gasteiger partial charge in [0.15, 0.2) is 5.67 Å². The summed E-state index contributed by atoms with van der Waals surface area (Å²) in [7, 11) is 0. The van der Waals surface area contributed by atoms with Gasteiger partial charge in [-0.25, -0.2) is 8.78 Å². The summed E-state index contributed by atoms with van der Waals surface area (Å²) < 4.78 is 75.5. The predicted molar refractivity (Wildman–Crippen MR) is 130 cm³/mol. The van der Waals surface area contributed by atoms with Gasteiger partial charge in [-0.1, -0.05) is 6.07 Å². The molecule has 2 aliphatic heterocycles. The van der Waals surface area contributed by atoms with Gasteiger partial charge in [0.2, 0.25) is 0 Å². The van der Waals surface area contributed by atoms with E-state index in [1.807, 2.05) is 0 Å². The van der Waals surface area contributed by atoms with E-state index in [-0.39, 0.29) is 29.8 Å².